The van der Waals surface area contributed by atoms with Gasteiger partial charge in [0.25, 0.3) is 0 Å². The summed E-state index contributed by atoms with van der Waals surface area (Å²) in [6, 6.07) is 0.704. The summed E-state index contributed by atoms with van der Waals surface area (Å²) >= 11 is 1.88. The van der Waals surface area contributed by atoms with Crippen LogP contribution < -0.4 is 5.32 Å². The lowest BCUT2D eigenvalue weighted by Gasteiger charge is -2.32. The van der Waals surface area contributed by atoms with E-state index in [-0.39, 0.29) is 0 Å². The first-order chi connectivity index (χ1) is 10.2. The lowest BCUT2D eigenvalue weighted by molar-refractivity contribution is 0.201. The van der Waals surface area contributed by atoms with Crippen molar-refractivity contribution >= 4 is 11.3 Å². The zero-order valence-electron chi connectivity index (χ0n) is 13.5. The molecule has 3 rings (SSSR count). The van der Waals surface area contributed by atoms with Crippen LogP contribution in [0.1, 0.15) is 54.1 Å². The summed E-state index contributed by atoms with van der Waals surface area (Å²) in [4.78, 5) is 8.74. The van der Waals surface area contributed by atoms with Crippen LogP contribution in [-0.2, 0) is 6.54 Å². The highest BCUT2D eigenvalue weighted by atomic mass is 32.1. The molecule has 118 valence electrons. The van der Waals surface area contributed by atoms with Crippen molar-refractivity contribution in [2.75, 3.05) is 19.6 Å². The average Bonchev–Trinajstić information content (AvgIpc) is 2.68. The molecule has 2 fully saturated rings. The summed E-state index contributed by atoms with van der Waals surface area (Å²) in [5.74, 6) is 0.902. The average molecular weight is 308 g/mol. The zero-order chi connectivity index (χ0) is 14.7. The van der Waals surface area contributed by atoms with E-state index in [1.165, 1.54) is 73.7 Å². The summed E-state index contributed by atoms with van der Waals surface area (Å²) in [5.41, 5.74) is 1.21. The maximum absolute atomic E-state index is 4.73. The predicted octanol–water partition coefficient (Wildman–Crippen LogP) is 3.50. The molecular formula is C17H29N3S. The van der Waals surface area contributed by atoms with Crippen LogP contribution in [0.3, 0.4) is 0 Å². The topological polar surface area (TPSA) is 28.2 Å². The number of nitrogens with one attached hydrogen (secondary N) is 1. The van der Waals surface area contributed by atoms with Crippen molar-refractivity contribution in [3.05, 3.63) is 15.6 Å². The van der Waals surface area contributed by atoms with E-state index in [9.17, 15) is 0 Å². The second-order valence-corrected chi connectivity index (χ2v) is 8.08. The van der Waals surface area contributed by atoms with Gasteiger partial charge in [0.15, 0.2) is 0 Å². The van der Waals surface area contributed by atoms with E-state index in [4.69, 9.17) is 4.98 Å². The Balaban J connectivity index is 1.61. The SMILES string of the molecule is Cc1nc(CN2CCCNC(C3CCCCC3)C2)sc1C. The Morgan fingerprint density at radius 1 is 1.19 bits per heavy atom. The Morgan fingerprint density at radius 2 is 2.00 bits per heavy atom. The van der Waals surface area contributed by atoms with Crippen LogP contribution in [0.5, 0.6) is 0 Å². The molecule has 4 heteroatoms. The molecule has 21 heavy (non-hydrogen) atoms. The number of rotatable bonds is 3. The maximum Gasteiger partial charge on any atom is 0.107 e. The van der Waals surface area contributed by atoms with Gasteiger partial charge in [0.2, 0.25) is 0 Å². The molecule has 0 radical (unpaired) electrons. The molecule has 3 nitrogen and oxygen atoms in total. The largest absolute Gasteiger partial charge is 0.312 e. The zero-order valence-corrected chi connectivity index (χ0v) is 14.3. The molecule has 2 aliphatic rings. The van der Waals surface area contributed by atoms with Crippen molar-refractivity contribution in [2.24, 2.45) is 5.92 Å². The van der Waals surface area contributed by atoms with Crippen molar-refractivity contribution in [2.45, 2.75) is 65.0 Å². The van der Waals surface area contributed by atoms with Crippen LogP contribution in [0.25, 0.3) is 0 Å². The molecule has 1 N–H and O–H groups in total. The highest BCUT2D eigenvalue weighted by molar-refractivity contribution is 7.11. The molecule has 0 aromatic carbocycles. The van der Waals surface area contributed by atoms with Gasteiger partial charge in [0, 0.05) is 17.5 Å². The molecular weight excluding hydrogens is 278 g/mol. The highest BCUT2D eigenvalue weighted by Gasteiger charge is 2.27. The minimum Gasteiger partial charge on any atom is -0.312 e. The normalized spacial score (nSPS) is 25.9. The molecule has 1 atom stereocenters. The van der Waals surface area contributed by atoms with Crippen LogP contribution in [0, 0.1) is 19.8 Å². The van der Waals surface area contributed by atoms with E-state index in [2.05, 4.69) is 24.1 Å². The second-order valence-electron chi connectivity index (χ2n) is 6.80. The molecule has 1 saturated heterocycles. The molecule has 0 bridgehead atoms. The van der Waals surface area contributed by atoms with Gasteiger partial charge in [-0.1, -0.05) is 19.3 Å². The van der Waals surface area contributed by atoms with Crippen LogP contribution >= 0.6 is 11.3 Å². The van der Waals surface area contributed by atoms with E-state index in [0.717, 1.165) is 12.5 Å². The van der Waals surface area contributed by atoms with Gasteiger partial charge in [0.1, 0.15) is 5.01 Å². The first-order valence-electron chi connectivity index (χ1n) is 8.61. The van der Waals surface area contributed by atoms with Crippen molar-refractivity contribution in [3.8, 4) is 0 Å². The lowest BCUT2D eigenvalue weighted by Crippen LogP contribution is -2.43. The third kappa shape index (κ3) is 4.05. The van der Waals surface area contributed by atoms with E-state index in [0.29, 0.717) is 6.04 Å². The minimum absolute atomic E-state index is 0.704. The Morgan fingerprint density at radius 3 is 2.71 bits per heavy atom. The molecule has 2 heterocycles. The number of aryl methyl sites for hydroxylation is 2. The number of hydrogen-bond acceptors (Lipinski definition) is 4. The Bertz CT molecular complexity index is 431. The summed E-state index contributed by atoms with van der Waals surface area (Å²) in [7, 11) is 0. The van der Waals surface area contributed by atoms with Gasteiger partial charge in [-0.3, -0.25) is 4.90 Å². The third-order valence-electron chi connectivity index (χ3n) is 5.16. The van der Waals surface area contributed by atoms with Crippen molar-refractivity contribution < 1.29 is 0 Å². The van der Waals surface area contributed by atoms with E-state index in [1.807, 2.05) is 11.3 Å². The number of hydrogen-bond donors (Lipinski definition) is 1. The number of nitrogens with zero attached hydrogens (tertiary/aromatic N) is 2. The quantitative estimate of drug-likeness (QED) is 0.926. The second kappa shape index (κ2) is 7.21. The van der Waals surface area contributed by atoms with Gasteiger partial charge < -0.3 is 5.32 Å². The molecule has 1 aromatic rings. The molecule has 1 aliphatic heterocycles. The summed E-state index contributed by atoms with van der Waals surface area (Å²) in [6.07, 6.45) is 8.46. The third-order valence-corrected chi connectivity index (χ3v) is 6.22. The molecule has 0 spiro atoms. The first kappa shape index (κ1) is 15.4. The van der Waals surface area contributed by atoms with Gasteiger partial charge in [-0.2, -0.15) is 0 Å². The first-order valence-corrected chi connectivity index (χ1v) is 9.42. The molecule has 1 saturated carbocycles. The van der Waals surface area contributed by atoms with E-state index >= 15 is 0 Å². The number of thiazole rings is 1. The lowest BCUT2D eigenvalue weighted by atomic mass is 9.83. The maximum atomic E-state index is 4.73. The minimum atomic E-state index is 0.704. The van der Waals surface area contributed by atoms with Gasteiger partial charge in [-0.15, -0.1) is 11.3 Å². The monoisotopic (exact) mass is 307 g/mol. The fraction of sp³-hybridized carbons (Fsp3) is 0.824. The predicted molar refractivity (Wildman–Crippen MR) is 89.8 cm³/mol. The van der Waals surface area contributed by atoms with Crippen molar-refractivity contribution in [3.63, 3.8) is 0 Å². The summed E-state index contributed by atoms with van der Waals surface area (Å²) in [5, 5.41) is 5.13. The van der Waals surface area contributed by atoms with Crippen LogP contribution in [0.4, 0.5) is 0 Å². The van der Waals surface area contributed by atoms with Crippen LogP contribution in [-0.4, -0.2) is 35.6 Å². The fourth-order valence-corrected chi connectivity index (χ4v) is 4.79. The Labute approximate surface area is 133 Å². The van der Waals surface area contributed by atoms with Crippen molar-refractivity contribution in [1.29, 1.82) is 0 Å². The fourth-order valence-electron chi connectivity index (χ4n) is 3.82. The molecule has 0 amide bonds. The Kier molecular flexibility index (Phi) is 5.30. The van der Waals surface area contributed by atoms with Gasteiger partial charge >= 0.3 is 0 Å². The van der Waals surface area contributed by atoms with Gasteiger partial charge in [-0.25, -0.2) is 4.98 Å². The van der Waals surface area contributed by atoms with E-state index < -0.39 is 0 Å². The summed E-state index contributed by atoms with van der Waals surface area (Å²) in [6.45, 7) is 8.98. The van der Waals surface area contributed by atoms with Gasteiger partial charge in [-0.05, 0) is 52.1 Å². The van der Waals surface area contributed by atoms with Crippen molar-refractivity contribution in [1.82, 2.24) is 15.2 Å². The van der Waals surface area contributed by atoms with Crippen LogP contribution in [0.15, 0.2) is 0 Å². The summed E-state index contributed by atoms with van der Waals surface area (Å²) < 4.78 is 0. The molecule has 1 aliphatic carbocycles. The van der Waals surface area contributed by atoms with Crippen LogP contribution in [0.2, 0.25) is 0 Å². The smallest absolute Gasteiger partial charge is 0.107 e. The molecule has 1 aromatic heterocycles. The highest BCUT2D eigenvalue weighted by Crippen LogP contribution is 2.28. The Hall–Kier alpha value is -0.450. The standard InChI is InChI=1S/C17H29N3S/c1-13-14(2)21-17(19-13)12-20-10-6-9-18-16(11-20)15-7-4-3-5-8-15/h15-16,18H,3-12H2,1-2H3. The molecule has 1 unspecified atom stereocenters. The number of aromatic nitrogens is 1. The van der Waals surface area contributed by atoms with Gasteiger partial charge in [0.05, 0.1) is 12.2 Å². The van der Waals surface area contributed by atoms with E-state index in [1.54, 1.807) is 0 Å².